The molecular formula is C41H38N4O6. The van der Waals surface area contributed by atoms with Crippen molar-refractivity contribution in [3.63, 3.8) is 0 Å². The zero-order chi connectivity index (χ0) is 35.6. The van der Waals surface area contributed by atoms with E-state index in [9.17, 15) is 9.90 Å². The van der Waals surface area contributed by atoms with Gasteiger partial charge in [-0.1, -0.05) is 78.7 Å². The van der Waals surface area contributed by atoms with Crippen LogP contribution in [-0.4, -0.2) is 66.3 Å². The monoisotopic (exact) mass is 682 g/mol. The van der Waals surface area contributed by atoms with Crippen LogP contribution in [0.4, 0.5) is 11.5 Å². The molecule has 0 spiro atoms. The Bertz CT molecular complexity index is 1960. The zero-order valence-corrected chi connectivity index (χ0v) is 28.5. The van der Waals surface area contributed by atoms with Crippen molar-refractivity contribution in [1.82, 2.24) is 9.97 Å². The van der Waals surface area contributed by atoms with Crippen LogP contribution in [0, 0.1) is 11.8 Å². The first-order valence-electron chi connectivity index (χ1n) is 16.5. The van der Waals surface area contributed by atoms with E-state index in [1.807, 2.05) is 84.9 Å². The van der Waals surface area contributed by atoms with Gasteiger partial charge in [0.2, 0.25) is 0 Å². The van der Waals surface area contributed by atoms with Gasteiger partial charge in [-0.25, -0.2) is 9.97 Å². The summed E-state index contributed by atoms with van der Waals surface area (Å²) < 4.78 is 24.1. The van der Waals surface area contributed by atoms with Crippen molar-refractivity contribution in [3.8, 4) is 23.3 Å². The minimum atomic E-state index is -1.07. The van der Waals surface area contributed by atoms with Gasteiger partial charge in [0.05, 0.1) is 26.9 Å². The lowest BCUT2D eigenvalue weighted by Crippen LogP contribution is -2.38. The van der Waals surface area contributed by atoms with Crippen LogP contribution in [0.5, 0.6) is 11.5 Å². The molecule has 1 fully saturated rings. The number of carbonyl (C=O) groups is 1. The quantitative estimate of drug-likeness (QED) is 0.0939. The van der Waals surface area contributed by atoms with Crippen molar-refractivity contribution in [2.45, 2.75) is 37.3 Å². The third-order valence-corrected chi connectivity index (χ3v) is 8.56. The van der Waals surface area contributed by atoms with Crippen molar-refractivity contribution < 1.29 is 28.8 Å². The largest absolute Gasteiger partial charge is 0.497 e. The standard InChI is InChI=1S/C41H38N4O6/c1-4-42-38-35(43-27-44-39(38)45-40(47)28-11-7-5-8-12-28)24-23-34-25-36(46)37(51-34)26-50-41(29-13-9-6-10-14-29,30-15-19-32(48-2)20-16-30)31-17-21-33(49-3)22-18-31/h4-22,27,34,36-37,46H,25-26H2,1-3H3,(H,43,44,45,47)/t34-,36-,37+/m0/s1. The maximum Gasteiger partial charge on any atom is 0.256 e. The number of aliphatic hydroxyl groups excluding tert-OH is 1. The number of aliphatic hydroxyl groups is 1. The number of hydrogen-bond donors (Lipinski definition) is 2. The van der Waals surface area contributed by atoms with E-state index in [4.69, 9.17) is 18.9 Å². The smallest absolute Gasteiger partial charge is 0.256 e. The number of nitrogens with zero attached hydrogens (tertiary/aromatic N) is 3. The Kier molecular flexibility index (Phi) is 11.1. The Morgan fingerprint density at radius 3 is 2.08 bits per heavy atom. The lowest BCUT2D eigenvalue weighted by Gasteiger charge is -2.37. The van der Waals surface area contributed by atoms with Gasteiger partial charge in [0.25, 0.3) is 5.91 Å². The number of nitrogens with one attached hydrogen (secondary N) is 1. The Balaban J connectivity index is 1.26. The molecule has 1 amide bonds. The van der Waals surface area contributed by atoms with Gasteiger partial charge >= 0.3 is 0 Å². The lowest BCUT2D eigenvalue weighted by molar-refractivity contribution is -0.0759. The summed E-state index contributed by atoms with van der Waals surface area (Å²) >= 11 is 0. The molecule has 258 valence electrons. The molecule has 51 heavy (non-hydrogen) atoms. The second-order valence-electron chi connectivity index (χ2n) is 11.7. The van der Waals surface area contributed by atoms with Crippen molar-refractivity contribution in [2.75, 3.05) is 26.1 Å². The number of hydrogen-bond acceptors (Lipinski definition) is 9. The van der Waals surface area contributed by atoms with Crippen LogP contribution in [0.25, 0.3) is 0 Å². The summed E-state index contributed by atoms with van der Waals surface area (Å²) in [5, 5.41) is 14.0. The second-order valence-corrected chi connectivity index (χ2v) is 11.7. The van der Waals surface area contributed by atoms with Crippen LogP contribution in [0.2, 0.25) is 0 Å². The van der Waals surface area contributed by atoms with E-state index in [-0.39, 0.29) is 24.8 Å². The van der Waals surface area contributed by atoms with Gasteiger partial charge in [0, 0.05) is 18.2 Å². The van der Waals surface area contributed by atoms with E-state index >= 15 is 0 Å². The maximum atomic E-state index is 12.9. The van der Waals surface area contributed by atoms with Crippen LogP contribution in [0.1, 0.15) is 46.1 Å². The van der Waals surface area contributed by atoms with E-state index in [1.54, 1.807) is 51.6 Å². The van der Waals surface area contributed by atoms with Crippen molar-refractivity contribution in [3.05, 3.63) is 143 Å². The highest BCUT2D eigenvalue weighted by Gasteiger charge is 2.41. The molecule has 1 aliphatic rings. The number of aromatic nitrogens is 2. The van der Waals surface area contributed by atoms with Gasteiger partial charge < -0.3 is 29.4 Å². The van der Waals surface area contributed by atoms with Crippen LogP contribution in [0.3, 0.4) is 0 Å². The van der Waals surface area contributed by atoms with Crippen LogP contribution < -0.4 is 14.8 Å². The van der Waals surface area contributed by atoms with E-state index in [0.29, 0.717) is 28.4 Å². The second kappa shape index (κ2) is 16.2. The fourth-order valence-corrected chi connectivity index (χ4v) is 5.98. The van der Waals surface area contributed by atoms with Gasteiger partial charge in [-0.2, -0.15) is 0 Å². The third kappa shape index (κ3) is 7.82. The molecule has 0 aliphatic carbocycles. The number of carbonyl (C=O) groups excluding carboxylic acids is 1. The summed E-state index contributed by atoms with van der Waals surface area (Å²) in [6.45, 7) is 1.81. The van der Waals surface area contributed by atoms with Crippen LogP contribution >= 0.6 is 0 Å². The van der Waals surface area contributed by atoms with Gasteiger partial charge in [0.1, 0.15) is 47.0 Å². The number of anilines is 1. The lowest BCUT2D eigenvalue weighted by atomic mass is 9.80. The molecule has 0 saturated carbocycles. The summed E-state index contributed by atoms with van der Waals surface area (Å²) in [7, 11) is 3.26. The zero-order valence-electron chi connectivity index (χ0n) is 28.5. The summed E-state index contributed by atoms with van der Waals surface area (Å²) in [5.74, 6) is 7.47. The molecule has 2 N–H and O–H groups in total. The number of ether oxygens (including phenoxy) is 4. The summed E-state index contributed by atoms with van der Waals surface area (Å²) in [6, 6.07) is 34.2. The minimum absolute atomic E-state index is 0.0564. The Morgan fingerprint density at radius 1 is 0.902 bits per heavy atom. The van der Waals surface area contributed by atoms with Crippen molar-refractivity contribution in [1.29, 1.82) is 0 Å². The van der Waals surface area contributed by atoms with Crippen molar-refractivity contribution in [2.24, 2.45) is 4.99 Å². The molecule has 2 heterocycles. The van der Waals surface area contributed by atoms with Crippen LogP contribution in [-0.2, 0) is 15.1 Å². The normalized spacial score (nSPS) is 17.1. The highest BCUT2D eigenvalue weighted by atomic mass is 16.6. The molecule has 1 aromatic heterocycles. The van der Waals surface area contributed by atoms with E-state index in [0.717, 1.165) is 16.7 Å². The fraction of sp³-hybridized carbons (Fsp3) is 0.220. The van der Waals surface area contributed by atoms with Gasteiger partial charge in [-0.05, 0) is 65.9 Å². The minimum Gasteiger partial charge on any atom is -0.497 e. The van der Waals surface area contributed by atoms with Gasteiger partial charge in [0.15, 0.2) is 5.82 Å². The van der Waals surface area contributed by atoms with E-state index in [1.165, 1.54) is 6.33 Å². The van der Waals surface area contributed by atoms with E-state index < -0.39 is 23.9 Å². The Morgan fingerprint density at radius 2 is 1.49 bits per heavy atom. The van der Waals surface area contributed by atoms with Gasteiger partial charge in [-0.3, -0.25) is 9.79 Å². The topological polar surface area (TPSA) is 124 Å². The number of aliphatic imine (C=N–C) groups is 1. The SMILES string of the molecule is CC=Nc1c(C#C[C@H]2C[C@H](O)[C@@H](COC(c3ccccc3)(c3ccc(OC)cc3)c3ccc(OC)cc3)O2)ncnc1NC(=O)c1ccccc1. The van der Waals surface area contributed by atoms with Gasteiger partial charge in [-0.15, -0.1) is 0 Å². The molecule has 0 radical (unpaired) electrons. The predicted octanol–water partition coefficient (Wildman–Crippen LogP) is 6.35. The molecule has 0 unspecified atom stereocenters. The number of methoxy groups -OCH3 is 2. The molecule has 0 bridgehead atoms. The molecule has 1 saturated heterocycles. The highest BCUT2D eigenvalue weighted by Crippen LogP contribution is 2.42. The molecule has 10 heteroatoms. The third-order valence-electron chi connectivity index (χ3n) is 8.56. The molecule has 1 aliphatic heterocycles. The van der Waals surface area contributed by atoms with Crippen LogP contribution in [0.15, 0.2) is 121 Å². The average molecular weight is 683 g/mol. The summed E-state index contributed by atoms with van der Waals surface area (Å²) in [5.41, 5.74) is 2.67. The molecule has 4 aromatic carbocycles. The first-order valence-corrected chi connectivity index (χ1v) is 16.5. The molecule has 6 rings (SSSR count). The Labute approximate surface area is 297 Å². The first-order chi connectivity index (χ1) is 24.9. The maximum absolute atomic E-state index is 12.9. The summed E-state index contributed by atoms with van der Waals surface area (Å²) in [6.07, 6.45) is 1.03. The highest BCUT2D eigenvalue weighted by molar-refractivity contribution is 6.05. The molecule has 3 atom stereocenters. The summed E-state index contributed by atoms with van der Waals surface area (Å²) in [4.78, 5) is 25.8. The average Bonchev–Trinajstić information content (AvgIpc) is 3.55. The predicted molar refractivity (Wildman–Crippen MR) is 195 cm³/mol. The number of rotatable bonds is 11. The number of amides is 1. The van der Waals surface area contributed by atoms with Crippen molar-refractivity contribution >= 4 is 23.6 Å². The van der Waals surface area contributed by atoms with E-state index in [2.05, 4.69) is 32.1 Å². The Hall–Kier alpha value is -5.86. The molecular weight excluding hydrogens is 644 g/mol. The first kappa shape index (κ1) is 35.0. The molecule has 5 aromatic rings. The molecule has 10 nitrogen and oxygen atoms in total. The fourth-order valence-electron chi connectivity index (χ4n) is 5.98. The number of benzene rings is 4.